The summed E-state index contributed by atoms with van der Waals surface area (Å²) in [6.45, 7) is 1.92. The van der Waals surface area contributed by atoms with Gasteiger partial charge in [0.2, 0.25) is 0 Å². The van der Waals surface area contributed by atoms with E-state index in [4.69, 9.17) is 5.11 Å². The maximum Gasteiger partial charge on any atom is 0.354 e. The largest absolute Gasteiger partial charge is 0.477 e. The fraction of sp³-hybridized carbons (Fsp3) is 0.455. The molecule has 86 valence electrons. The minimum atomic E-state index is -0.970. The van der Waals surface area contributed by atoms with Crippen molar-refractivity contribution in [2.75, 3.05) is 24.2 Å². The molecule has 1 unspecified atom stereocenters. The van der Waals surface area contributed by atoms with Crippen molar-refractivity contribution in [1.29, 1.82) is 0 Å². The summed E-state index contributed by atoms with van der Waals surface area (Å²) in [5.74, 6) is -0.195. The average molecular weight is 238 g/mol. The molecule has 0 saturated carbocycles. The standard InChI is InChI=1S/C11H14N2O2S/c1-16-8-5-6-13(7-8)10-4-2-3-9(12-10)11(14)15/h2-4,8H,5-7H2,1H3,(H,14,15). The second-order valence-corrected chi connectivity index (χ2v) is 4.92. The number of hydrogen-bond acceptors (Lipinski definition) is 4. The van der Waals surface area contributed by atoms with Crippen LogP contribution < -0.4 is 4.90 Å². The van der Waals surface area contributed by atoms with E-state index in [1.807, 2.05) is 17.8 Å². The molecule has 1 aliphatic rings. The molecule has 1 fully saturated rings. The number of nitrogens with zero attached hydrogens (tertiary/aromatic N) is 2. The van der Waals surface area contributed by atoms with E-state index in [0.717, 1.165) is 25.3 Å². The van der Waals surface area contributed by atoms with Crippen LogP contribution in [0.4, 0.5) is 5.82 Å². The van der Waals surface area contributed by atoms with Crippen molar-refractivity contribution in [2.24, 2.45) is 0 Å². The van der Waals surface area contributed by atoms with Crippen molar-refractivity contribution in [3.05, 3.63) is 23.9 Å². The minimum Gasteiger partial charge on any atom is -0.477 e. The van der Waals surface area contributed by atoms with E-state index in [2.05, 4.69) is 16.1 Å². The summed E-state index contributed by atoms with van der Waals surface area (Å²) in [5.41, 5.74) is 0.116. The Balaban J connectivity index is 2.15. The van der Waals surface area contributed by atoms with Gasteiger partial charge in [-0.25, -0.2) is 9.78 Å². The normalized spacial score (nSPS) is 20.1. The second-order valence-electron chi connectivity index (χ2n) is 3.78. The first-order valence-corrected chi connectivity index (χ1v) is 6.47. The van der Waals surface area contributed by atoms with Gasteiger partial charge in [-0.1, -0.05) is 6.07 Å². The molecule has 0 aliphatic carbocycles. The van der Waals surface area contributed by atoms with Crippen molar-refractivity contribution in [3.63, 3.8) is 0 Å². The van der Waals surface area contributed by atoms with Crippen LogP contribution in [0.3, 0.4) is 0 Å². The summed E-state index contributed by atoms with van der Waals surface area (Å²) >= 11 is 1.86. The highest BCUT2D eigenvalue weighted by atomic mass is 32.2. The second kappa shape index (κ2) is 4.74. The van der Waals surface area contributed by atoms with Crippen molar-refractivity contribution < 1.29 is 9.90 Å². The summed E-state index contributed by atoms with van der Waals surface area (Å²) in [4.78, 5) is 17.1. The van der Waals surface area contributed by atoms with Crippen LogP contribution in [-0.4, -0.2) is 40.7 Å². The van der Waals surface area contributed by atoms with Gasteiger partial charge in [-0.05, 0) is 24.8 Å². The van der Waals surface area contributed by atoms with Gasteiger partial charge in [-0.2, -0.15) is 11.8 Å². The van der Waals surface area contributed by atoms with Crippen LogP contribution in [0.2, 0.25) is 0 Å². The molecule has 1 aromatic heterocycles. The lowest BCUT2D eigenvalue weighted by Gasteiger charge is -2.17. The molecule has 1 N–H and O–H groups in total. The number of carboxylic acid groups (broad SMARTS) is 1. The Hall–Kier alpha value is -1.23. The zero-order valence-corrected chi connectivity index (χ0v) is 9.91. The number of carbonyl (C=O) groups is 1. The lowest BCUT2D eigenvalue weighted by Crippen LogP contribution is -2.22. The molecule has 0 amide bonds. The molecule has 2 heterocycles. The van der Waals surface area contributed by atoms with E-state index in [1.165, 1.54) is 6.07 Å². The van der Waals surface area contributed by atoms with E-state index < -0.39 is 5.97 Å². The van der Waals surface area contributed by atoms with Crippen LogP contribution in [0, 0.1) is 0 Å². The Bertz CT molecular complexity index is 397. The van der Waals surface area contributed by atoms with Crippen LogP contribution >= 0.6 is 11.8 Å². The Kier molecular flexibility index (Phi) is 3.33. The molecule has 1 aliphatic heterocycles. The van der Waals surface area contributed by atoms with Crippen LogP contribution in [0.15, 0.2) is 18.2 Å². The highest BCUT2D eigenvalue weighted by Crippen LogP contribution is 2.24. The predicted molar refractivity (Wildman–Crippen MR) is 65.3 cm³/mol. The molecule has 2 rings (SSSR count). The molecular weight excluding hydrogens is 224 g/mol. The molecule has 1 aromatic rings. The zero-order valence-electron chi connectivity index (χ0n) is 9.09. The predicted octanol–water partition coefficient (Wildman–Crippen LogP) is 1.72. The molecule has 1 saturated heterocycles. The Morgan fingerprint density at radius 2 is 2.44 bits per heavy atom. The number of aromatic nitrogens is 1. The molecule has 16 heavy (non-hydrogen) atoms. The third-order valence-corrected chi connectivity index (χ3v) is 3.81. The fourth-order valence-electron chi connectivity index (χ4n) is 1.85. The van der Waals surface area contributed by atoms with Gasteiger partial charge >= 0.3 is 5.97 Å². The maximum absolute atomic E-state index is 10.8. The Morgan fingerprint density at radius 3 is 3.06 bits per heavy atom. The van der Waals surface area contributed by atoms with Crippen molar-refractivity contribution in [2.45, 2.75) is 11.7 Å². The molecular formula is C11H14N2O2S. The summed E-state index contributed by atoms with van der Waals surface area (Å²) in [6, 6.07) is 5.14. The summed E-state index contributed by atoms with van der Waals surface area (Å²) < 4.78 is 0. The number of anilines is 1. The van der Waals surface area contributed by atoms with E-state index in [0.29, 0.717) is 5.25 Å². The zero-order chi connectivity index (χ0) is 11.5. The highest BCUT2D eigenvalue weighted by molar-refractivity contribution is 7.99. The van der Waals surface area contributed by atoms with Crippen LogP contribution in [-0.2, 0) is 0 Å². The minimum absolute atomic E-state index is 0.116. The van der Waals surface area contributed by atoms with Crippen molar-refractivity contribution >= 4 is 23.5 Å². The summed E-state index contributed by atoms with van der Waals surface area (Å²) in [7, 11) is 0. The maximum atomic E-state index is 10.8. The van der Waals surface area contributed by atoms with Crippen molar-refractivity contribution in [1.82, 2.24) is 4.98 Å². The third kappa shape index (κ3) is 2.29. The number of hydrogen-bond donors (Lipinski definition) is 1. The third-order valence-electron chi connectivity index (χ3n) is 2.76. The number of rotatable bonds is 3. The first-order valence-electron chi connectivity index (χ1n) is 5.19. The smallest absolute Gasteiger partial charge is 0.354 e. The molecule has 4 nitrogen and oxygen atoms in total. The van der Waals surface area contributed by atoms with Gasteiger partial charge in [0.15, 0.2) is 5.69 Å². The van der Waals surface area contributed by atoms with Gasteiger partial charge in [0.05, 0.1) is 0 Å². The lowest BCUT2D eigenvalue weighted by atomic mass is 10.3. The van der Waals surface area contributed by atoms with Gasteiger partial charge < -0.3 is 10.0 Å². The monoisotopic (exact) mass is 238 g/mol. The topological polar surface area (TPSA) is 53.4 Å². The van der Waals surface area contributed by atoms with E-state index in [1.54, 1.807) is 6.07 Å². The molecule has 0 bridgehead atoms. The van der Waals surface area contributed by atoms with Crippen LogP contribution in [0.25, 0.3) is 0 Å². The van der Waals surface area contributed by atoms with Gasteiger partial charge in [0.1, 0.15) is 5.82 Å². The van der Waals surface area contributed by atoms with Crippen molar-refractivity contribution in [3.8, 4) is 0 Å². The number of pyridine rings is 1. The SMILES string of the molecule is CSC1CCN(c2cccc(C(=O)O)n2)C1. The summed E-state index contributed by atoms with van der Waals surface area (Å²) in [5, 5.41) is 9.50. The first kappa shape index (κ1) is 11.3. The van der Waals surface area contributed by atoms with Crippen LogP contribution in [0.1, 0.15) is 16.9 Å². The Labute approximate surface area is 98.7 Å². The Morgan fingerprint density at radius 1 is 1.62 bits per heavy atom. The first-order chi connectivity index (χ1) is 7.70. The highest BCUT2D eigenvalue weighted by Gasteiger charge is 2.22. The molecule has 0 spiro atoms. The fourth-order valence-corrected chi connectivity index (χ4v) is 2.52. The van der Waals surface area contributed by atoms with Gasteiger partial charge in [0.25, 0.3) is 0 Å². The number of thioether (sulfide) groups is 1. The van der Waals surface area contributed by atoms with Gasteiger partial charge in [-0.3, -0.25) is 0 Å². The molecule has 0 radical (unpaired) electrons. The van der Waals surface area contributed by atoms with Gasteiger partial charge in [0, 0.05) is 18.3 Å². The quantitative estimate of drug-likeness (QED) is 0.869. The number of aromatic carboxylic acids is 1. The average Bonchev–Trinajstić information content (AvgIpc) is 2.77. The van der Waals surface area contributed by atoms with E-state index >= 15 is 0 Å². The molecule has 5 heteroatoms. The van der Waals surface area contributed by atoms with E-state index in [-0.39, 0.29) is 5.69 Å². The molecule has 0 aromatic carbocycles. The van der Waals surface area contributed by atoms with Gasteiger partial charge in [-0.15, -0.1) is 0 Å². The summed E-state index contributed by atoms with van der Waals surface area (Å²) in [6.07, 6.45) is 3.25. The molecule has 1 atom stereocenters. The van der Waals surface area contributed by atoms with E-state index in [9.17, 15) is 4.79 Å². The van der Waals surface area contributed by atoms with Crippen LogP contribution in [0.5, 0.6) is 0 Å². The number of carboxylic acids is 1. The lowest BCUT2D eigenvalue weighted by molar-refractivity contribution is 0.0690.